The molecule has 3 heteroatoms. The minimum atomic E-state index is 0.639. The average molecular weight is 287 g/mol. The van der Waals surface area contributed by atoms with Crippen molar-refractivity contribution >= 4 is 0 Å². The predicted octanol–water partition coefficient (Wildman–Crippen LogP) is 3.01. The molecule has 0 radical (unpaired) electrons. The fraction of sp³-hybridized carbons (Fsp3) is 0.833. The van der Waals surface area contributed by atoms with Crippen LogP contribution < -0.4 is 5.32 Å². The smallest absolute Gasteiger partial charge is 0.0640 e. The molecule has 4 aliphatic carbocycles. The predicted molar refractivity (Wildman–Crippen MR) is 84.9 cm³/mol. The third-order valence-electron chi connectivity index (χ3n) is 6.43. The molecular formula is C18H29N3. The molecule has 1 atom stereocenters. The molecule has 4 fully saturated rings. The molecule has 1 aromatic rings. The van der Waals surface area contributed by atoms with E-state index in [-0.39, 0.29) is 0 Å². The van der Waals surface area contributed by atoms with Crippen molar-refractivity contribution in [2.24, 2.45) is 36.6 Å². The standard InChI is InChI=1S/C18H29N3/c1-3-19-17(11-16-4-5-21(2)20-16)18-14-7-12-6-13(9-14)10-15(18)8-12/h4-5,12-15,17-19H,3,6-11H2,1-2H3. The van der Waals surface area contributed by atoms with E-state index in [0.717, 1.165) is 42.6 Å². The van der Waals surface area contributed by atoms with Gasteiger partial charge in [-0.15, -0.1) is 0 Å². The number of likely N-dealkylation sites (N-methyl/N-ethyl adjacent to an activating group) is 1. The Labute approximate surface area is 128 Å². The Morgan fingerprint density at radius 3 is 2.38 bits per heavy atom. The number of aryl methyl sites for hydroxylation is 1. The lowest BCUT2D eigenvalue weighted by molar-refractivity contribution is -0.0516. The van der Waals surface area contributed by atoms with Crippen LogP contribution >= 0.6 is 0 Å². The average Bonchev–Trinajstić information content (AvgIpc) is 2.83. The monoisotopic (exact) mass is 287 g/mol. The van der Waals surface area contributed by atoms with Gasteiger partial charge in [0.05, 0.1) is 5.69 Å². The van der Waals surface area contributed by atoms with E-state index in [1.807, 2.05) is 11.7 Å². The Morgan fingerprint density at radius 1 is 1.19 bits per heavy atom. The van der Waals surface area contributed by atoms with Crippen LogP contribution in [0.1, 0.15) is 44.7 Å². The highest BCUT2D eigenvalue weighted by molar-refractivity contribution is 5.07. The van der Waals surface area contributed by atoms with E-state index in [0.29, 0.717) is 6.04 Å². The molecule has 4 bridgehead atoms. The Morgan fingerprint density at radius 2 is 1.86 bits per heavy atom. The first-order valence-electron chi connectivity index (χ1n) is 8.94. The van der Waals surface area contributed by atoms with Crippen molar-refractivity contribution in [2.75, 3.05) is 6.54 Å². The van der Waals surface area contributed by atoms with Crippen LogP contribution in [0.25, 0.3) is 0 Å². The summed E-state index contributed by atoms with van der Waals surface area (Å²) in [4.78, 5) is 0. The summed E-state index contributed by atoms with van der Waals surface area (Å²) >= 11 is 0. The lowest BCUT2D eigenvalue weighted by Crippen LogP contribution is -2.53. The maximum atomic E-state index is 4.62. The number of hydrogen-bond acceptors (Lipinski definition) is 2. The van der Waals surface area contributed by atoms with Gasteiger partial charge in [0, 0.05) is 25.7 Å². The molecule has 21 heavy (non-hydrogen) atoms. The zero-order chi connectivity index (χ0) is 14.4. The molecule has 4 aliphatic rings. The van der Waals surface area contributed by atoms with Gasteiger partial charge in [0.25, 0.3) is 0 Å². The third-order valence-corrected chi connectivity index (χ3v) is 6.43. The summed E-state index contributed by atoms with van der Waals surface area (Å²) in [6.45, 7) is 3.34. The van der Waals surface area contributed by atoms with E-state index in [4.69, 9.17) is 0 Å². The Balaban J connectivity index is 1.53. The van der Waals surface area contributed by atoms with E-state index in [1.54, 1.807) is 6.42 Å². The second-order valence-corrected chi connectivity index (χ2v) is 7.86. The summed E-state index contributed by atoms with van der Waals surface area (Å²) in [6.07, 6.45) is 10.8. The summed E-state index contributed by atoms with van der Waals surface area (Å²) in [7, 11) is 2.02. The van der Waals surface area contributed by atoms with Crippen molar-refractivity contribution in [3.63, 3.8) is 0 Å². The first-order valence-corrected chi connectivity index (χ1v) is 8.94. The van der Waals surface area contributed by atoms with E-state index in [2.05, 4.69) is 29.6 Å². The lowest BCUT2D eigenvalue weighted by Gasteiger charge is -2.56. The van der Waals surface area contributed by atoms with Gasteiger partial charge in [0.2, 0.25) is 0 Å². The zero-order valence-electron chi connectivity index (χ0n) is 13.5. The largest absolute Gasteiger partial charge is 0.314 e. The van der Waals surface area contributed by atoms with E-state index in [9.17, 15) is 0 Å². The molecule has 1 aromatic heterocycles. The normalized spacial score (nSPS) is 38.9. The van der Waals surface area contributed by atoms with Gasteiger partial charge in [-0.3, -0.25) is 4.68 Å². The van der Waals surface area contributed by atoms with Crippen LogP contribution in [-0.4, -0.2) is 22.4 Å². The molecule has 1 N–H and O–H groups in total. The summed E-state index contributed by atoms with van der Waals surface area (Å²) in [6, 6.07) is 2.83. The molecule has 0 saturated heterocycles. The SMILES string of the molecule is CCNC(Cc1ccn(C)n1)C1C2CC3CC(C2)CC1C3. The van der Waals surface area contributed by atoms with Crippen LogP contribution in [0.4, 0.5) is 0 Å². The van der Waals surface area contributed by atoms with Crippen molar-refractivity contribution in [3.05, 3.63) is 18.0 Å². The molecule has 1 heterocycles. The highest BCUT2D eigenvalue weighted by Gasteiger charge is 2.50. The van der Waals surface area contributed by atoms with Crippen molar-refractivity contribution < 1.29 is 0 Å². The summed E-state index contributed by atoms with van der Waals surface area (Å²) < 4.78 is 1.94. The maximum absolute atomic E-state index is 4.62. The molecule has 116 valence electrons. The number of nitrogens with one attached hydrogen (secondary N) is 1. The Kier molecular flexibility index (Phi) is 3.56. The zero-order valence-corrected chi connectivity index (χ0v) is 13.5. The van der Waals surface area contributed by atoms with Gasteiger partial charge in [-0.05, 0) is 74.3 Å². The van der Waals surface area contributed by atoms with Crippen LogP contribution in [0.5, 0.6) is 0 Å². The van der Waals surface area contributed by atoms with Gasteiger partial charge in [0.15, 0.2) is 0 Å². The van der Waals surface area contributed by atoms with Crippen LogP contribution in [0.3, 0.4) is 0 Å². The van der Waals surface area contributed by atoms with E-state index >= 15 is 0 Å². The molecule has 0 aliphatic heterocycles. The summed E-state index contributed by atoms with van der Waals surface area (Å²) in [5.41, 5.74) is 1.26. The highest BCUT2D eigenvalue weighted by atomic mass is 15.2. The van der Waals surface area contributed by atoms with Crippen molar-refractivity contribution in [1.82, 2.24) is 15.1 Å². The van der Waals surface area contributed by atoms with Crippen molar-refractivity contribution in [3.8, 4) is 0 Å². The van der Waals surface area contributed by atoms with Gasteiger partial charge in [0.1, 0.15) is 0 Å². The minimum absolute atomic E-state index is 0.639. The fourth-order valence-corrected chi connectivity index (χ4v) is 6.03. The number of hydrogen-bond donors (Lipinski definition) is 1. The van der Waals surface area contributed by atoms with Gasteiger partial charge < -0.3 is 5.32 Å². The Bertz CT molecular complexity index is 464. The first kappa shape index (κ1) is 13.8. The maximum Gasteiger partial charge on any atom is 0.0640 e. The molecule has 0 spiro atoms. The van der Waals surface area contributed by atoms with Crippen LogP contribution in [0.15, 0.2) is 12.3 Å². The molecule has 4 saturated carbocycles. The van der Waals surface area contributed by atoms with Gasteiger partial charge >= 0.3 is 0 Å². The summed E-state index contributed by atoms with van der Waals surface area (Å²) in [5, 5.41) is 8.44. The second kappa shape index (κ2) is 5.42. The molecule has 0 amide bonds. The van der Waals surface area contributed by atoms with E-state index in [1.165, 1.54) is 31.4 Å². The van der Waals surface area contributed by atoms with E-state index < -0.39 is 0 Å². The number of nitrogens with zero attached hydrogens (tertiary/aromatic N) is 2. The van der Waals surface area contributed by atoms with Crippen LogP contribution in [0, 0.1) is 29.6 Å². The first-order chi connectivity index (χ1) is 10.2. The number of aromatic nitrogens is 2. The van der Waals surface area contributed by atoms with Crippen molar-refractivity contribution in [2.45, 2.75) is 51.5 Å². The molecular weight excluding hydrogens is 258 g/mol. The number of rotatable bonds is 5. The van der Waals surface area contributed by atoms with Gasteiger partial charge in [-0.25, -0.2) is 0 Å². The minimum Gasteiger partial charge on any atom is -0.314 e. The lowest BCUT2D eigenvalue weighted by atomic mass is 9.50. The molecule has 5 rings (SSSR count). The third kappa shape index (κ3) is 2.54. The van der Waals surface area contributed by atoms with Crippen LogP contribution in [0.2, 0.25) is 0 Å². The Hall–Kier alpha value is -0.830. The molecule has 0 aromatic carbocycles. The molecule has 3 nitrogen and oxygen atoms in total. The van der Waals surface area contributed by atoms with Gasteiger partial charge in [-0.1, -0.05) is 6.92 Å². The van der Waals surface area contributed by atoms with Gasteiger partial charge in [-0.2, -0.15) is 5.10 Å². The fourth-order valence-electron chi connectivity index (χ4n) is 6.03. The van der Waals surface area contributed by atoms with Crippen LogP contribution in [-0.2, 0) is 13.5 Å². The van der Waals surface area contributed by atoms with Crippen molar-refractivity contribution in [1.29, 1.82) is 0 Å². The topological polar surface area (TPSA) is 29.9 Å². The quantitative estimate of drug-likeness (QED) is 0.902. The summed E-state index contributed by atoms with van der Waals surface area (Å²) in [5.74, 6) is 5.03. The molecule has 1 unspecified atom stereocenters. The second-order valence-electron chi connectivity index (χ2n) is 7.86. The highest BCUT2D eigenvalue weighted by Crippen LogP contribution is 2.57.